The third-order valence-electron chi connectivity index (χ3n) is 10.6. The molecule has 9 aromatic rings. The Labute approximate surface area is 304 Å². The van der Waals surface area contributed by atoms with Crippen LogP contribution >= 0.6 is 0 Å². The summed E-state index contributed by atoms with van der Waals surface area (Å²) in [5.74, 6) is 0. The quantitative estimate of drug-likeness (QED) is 0.172. The second kappa shape index (κ2) is 12.6. The predicted molar refractivity (Wildman–Crippen MR) is 221 cm³/mol. The molecule has 0 radical (unpaired) electrons. The van der Waals surface area contributed by atoms with E-state index in [4.69, 9.17) is 0 Å². The van der Waals surface area contributed by atoms with Gasteiger partial charge in [-0.2, -0.15) is 0 Å². The molecule has 246 valence electrons. The van der Waals surface area contributed by atoms with Gasteiger partial charge in [0.1, 0.15) is 0 Å². The van der Waals surface area contributed by atoms with Gasteiger partial charge < -0.3 is 9.47 Å². The standard InChI is InChI=1S/C50H36N2/c1-2-14-37(15-3-1)44-20-8-10-23-48(44)51(43-31-27-35-13-4-5-17-39(35)34-43)41-29-25-36(26-30-41)40-18-12-19-42(33-40)52-49-24-11-9-22-46(49)47-32-28-38-16-6-7-21-45(38)50(47)52/h1-8,10-21,23-34H,9,22H2. The number of benzene rings is 8. The predicted octanol–water partition coefficient (Wildman–Crippen LogP) is 13.7. The molecule has 0 N–H and O–H groups in total. The summed E-state index contributed by atoms with van der Waals surface area (Å²) in [6, 6.07) is 66.2. The Hall–Kier alpha value is -6.64. The number of allylic oxidation sites excluding steroid dienone is 1. The topological polar surface area (TPSA) is 8.17 Å². The maximum absolute atomic E-state index is 2.49. The van der Waals surface area contributed by atoms with Crippen molar-refractivity contribution in [3.05, 3.63) is 199 Å². The minimum atomic E-state index is 1.07. The van der Waals surface area contributed by atoms with E-state index >= 15 is 0 Å². The number of aryl methyl sites for hydroxylation is 1. The van der Waals surface area contributed by atoms with Gasteiger partial charge in [0.2, 0.25) is 0 Å². The molecule has 8 aromatic carbocycles. The summed E-state index contributed by atoms with van der Waals surface area (Å²) in [5, 5.41) is 6.38. The number of hydrogen-bond acceptors (Lipinski definition) is 1. The molecule has 2 nitrogen and oxygen atoms in total. The van der Waals surface area contributed by atoms with E-state index < -0.39 is 0 Å². The zero-order valence-electron chi connectivity index (χ0n) is 28.8. The highest BCUT2D eigenvalue weighted by atomic mass is 15.1. The highest BCUT2D eigenvalue weighted by molar-refractivity contribution is 6.09. The van der Waals surface area contributed by atoms with Crippen LogP contribution in [0.2, 0.25) is 0 Å². The van der Waals surface area contributed by atoms with E-state index in [2.05, 4.69) is 204 Å². The fraction of sp³-hybridized carbons (Fsp3) is 0.0400. The maximum Gasteiger partial charge on any atom is 0.0616 e. The van der Waals surface area contributed by atoms with Crippen molar-refractivity contribution in [2.24, 2.45) is 0 Å². The van der Waals surface area contributed by atoms with Crippen LogP contribution in [0.5, 0.6) is 0 Å². The molecule has 0 unspecified atom stereocenters. The average molecular weight is 665 g/mol. The van der Waals surface area contributed by atoms with E-state index in [1.54, 1.807) is 0 Å². The van der Waals surface area contributed by atoms with Crippen molar-refractivity contribution >= 4 is 55.6 Å². The number of aromatic nitrogens is 1. The molecule has 0 aliphatic heterocycles. The molecule has 0 fully saturated rings. The van der Waals surface area contributed by atoms with Gasteiger partial charge in [-0.15, -0.1) is 0 Å². The zero-order valence-corrected chi connectivity index (χ0v) is 28.8. The van der Waals surface area contributed by atoms with Crippen LogP contribution in [0, 0.1) is 0 Å². The number of rotatable bonds is 6. The van der Waals surface area contributed by atoms with Crippen LogP contribution in [0.25, 0.3) is 66.5 Å². The van der Waals surface area contributed by atoms with Crippen molar-refractivity contribution in [3.8, 4) is 27.9 Å². The number of fused-ring (bicyclic) bond motifs is 6. The summed E-state index contributed by atoms with van der Waals surface area (Å²) in [5.41, 5.74) is 13.4. The van der Waals surface area contributed by atoms with Gasteiger partial charge in [-0.25, -0.2) is 0 Å². The summed E-state index contributed by atoms with van der Waals surface area (Å²) in [6.07, 6.45) is 6.79. The van der Waals surface area contributed by atoms with E-state index in [0.29, 0.717) is 0 Å². The first-order chi connectivity index (χ1) is 25.8. The summed E-state index contributed by atoms with van der Waals surface area (Å²) in [6.45, 7) is 0. The van der Waals surface area contributed by atoms with Crippen molar-refractivity contribution in [1.82, 2.24) is 4.57 Å². The first-order valence-electron chi connectivity index (χ1n) is 18.2. The van der Waals surface area contributed by atoms with Crippen LogP contribution in [0.15, 0.2) is 188 Å². The summed E-state index contributed by atoms with van der Waals surface area (Å²) < 4.78 is 2.49. The molecule has 0 saturated carbocycles. The van der Waals surface area contributed by atoms with Crippen LogP contribution in [0.4, 0.5) is 17.1 Å². The summed E-state index contributed by atoms with van der Waals surface area (Å²) in [4.78, 5) is 2.39. The molecule has 10 rings (SSSR count). The second-order valence-electron chi connectivity index (χ2n) is 13.7. The number of para-hydroxylation sites is 1. The normalized spacial score (nSPS) is 12.4. The lowest BCUT2D eigenvalue weighted by atomic mass is 9.99. The van der Waals surface area contributed by atoms with Crippen LogP contribution in [0.3, 0.4) is 0 Å². The lowest BCUT2D eigenvalue weighted by Crippen LogP contribution is -2.11. The molecule has 1 aliphatic carbocycles. The minimum absolute atomic E-state index is 1.07. The Morgan fingerprint density at radius 2 is 1.17 bits per heavy atom. The van der Waals surface area contributed by atoms with Gasteiger partial charge in [0, 0.05) is 39.1 Å². The molecule has 0 spiro atoms. The average Bonchev–Trinajstić information content (AvgIpc) is 3.57. The molecule has 52 heavy (non-hydrogen) atoms. The van der Waals surface area contributed by atoms with Crippen LogP contribution in [-0.2, 0) is 6.42 Å². The summed E-state index contributed by atoms with van der Waals surface area (Å²) >= 11 is 0. The fourth-order valence-electron chi connectivity index (χ4n) is 8.16. The van der Waals surface area contributed by atoms with Crippen molar-refractivity contribution in [3.63, 3.8) is 0 Å². The van der Waals surface area contributed by atoms with Gasteiger partial charge in [0.15, 0.2) is 0 Å². The van der Waals surface area contributed by atoms with Crippen LogP contribution in [-0.4, -0.2) is 4.57 Å². The van der Waals surface area contributed by atoms with Gasteiger partial charge in [-0.05, 0) is 99.8 Å². The molecule has 0 saturated heterocycles. The highest BCUT2D eigenvalue weighted by Gasteiger charge is 2.21. The SMILES string of the molecule is C1=Cc2c(c3ccc4ccccc4c3n2-c2cccc(-c3ccc(N(c4ccc5ccccc5c4)c4ccccc4-c4ccccc4)cc3)c2)CC1. The summed E-state index contributed by atoms with van der Waals surface area (Å²) in [7, 11) is 0. The smallest absolute Gasteiger partial charge is 0.0616 e. The lowest BCUT2D eigenvalue weighted by molar-refractivity contribution is 0.968. The molecule has 0 atom stereocenters. The van der Waals surface area contributed by atoms with E-state index in [-0.39, 0.29) is 0 Å². The molecular formula is C50H36N2. The lowest BCUT2D eigenvalue weighted by Gasteiger charge is -2.28. The van der Waals surface area contributed by atoms with Crippen molar-refractivity contribution in [2.75, 3.05) is 4.90 Å². The maximum atomic E-state index is 2.49. The monoisotopic (exact) mass is 664 g/mol. The number of hydrogen-bond donors (Lipinski definition) is 0. The third kappa shape index (κ3) is 5.11. The molecule has 0 amide bonds. The van der Waals surface area contributed by atoms with E-state index in [9.17, 15) is 0 Å². The second-order valence-corrected chi connectivity index (χ2v) is 13.7. The van der Waals surface area contributed by atoms with Crippen molar-refractivity contribution < 1.29 is 0 Å². The van der Waals surface area contributed by atoms with E-state index in [1.165, 1.54) is 71.6 Å². The Morgan fingerprint density at radius 1 is 0.462 bits per heavy atom. The van der Waals surface area contributed by atoms with Gasteiger partial charge in [-0.1, -0.05) is 146 Å². The van der Waals surface area contributed by atoms with E-state index in [1.807, 2.05) is 0 Å². The molecular weight excluding hydrogens is 629 g/mol. The Bertz CT molecular complexity index is 2790. The first kappa shape index (κ1) is 30.2. The Morgan fingerprint density at radius 3 is 2.06 bits per heavy atom. The largest absolute Gasteiger partial charge is 0.310 e. The van der Waals surface area contributed by atoms with Crippen molar-refractivity contribution in [1.29, 1.82) is 0 Å². The Kier molecular flexibility index (Phi) is 7.32. The molecule has 1 heterocycles. The highest BCUT2D eigenvalue weighted by Crippen LogP contribution is 2.43. The van der Waals surface area contributed by atoms with Gasteiger partial charge in [0.05, 0.1) is 11.2 Å². The van der Waals surface area contributed by atoms with Crippen LogP contribution in [0.1, 0.15) is 17.7 Å². The van der Waals surface area contributed by atoms with Gasteiger partial charge in [-0.3, -0.25) is 0 Å². The molecule has 1 aliphatic rings. The molecule has 0 bridgehead atoms. The number of nitrogens with zero attached hydrogens (tertiary/aromatic N) is 2. The third-order valence-corrected chi connectivity index (χ3v) is 10.6. The molecule has 2 heteroatoms. The first-order valence-corrected chi connectivity index (χ1v) is 18.2. The minimum Gasteiger partial charge on any atom is -0.310 e. The van der Waals surface area contributed by atoms with Gasteiger partial charge >= 0.3 is 0 Å². The van der Waals surface area contributed by atoms with Gasteiger partial charge in [0.25, 0.3) is 0 Å². The number of anilines is 3. The van der Waals surface area contributed by atoms with Crippen LogP contribution < -0.4 is 4.90 Å². The zero-order chi connectivity index (χ0) is 34.4. The molecule has 1 aromatic heterocycles. The Balaban J connectivity index is 1.10. The fourth-order valence-corrected chi connectivity index (χ4v) is 8.16. The van der Waals surface area contributed by atoms with E-state index in [0.717, 1.165) is 29.9 Å². The van der Waals surface area contributed by atoms with Crippen molar-refractivity contribution in [2.45, 2.75) is 12.8 Å².